The minimum Gasteiger partial charge on any atom is -0.330 e. The first-order chi connectivity index (χ1) is 7.16. The number of amides is 2. The van der Waals surface area contributed by atoms with Crippen LogP contribution in [0.3, 0.4) is 0 Å². The van der Waals surface area contributed by atoms with Crippen LogP contribution in [-0.4, -0.2) is 48.1 Å². The molecule has 1 rings (SSSR count). The van der Waals surface area contributed by atoms with E-state index in [-0.39, 0.29) is 12.1 Å². The van der Waals surface area contributed by atoms with Crippen LogP contribution in [0.5, 0.6) is 0 Å². The van der Waals surface area contributed by atoms with Gasteiger partial charge in [-0.2, -0.15) is 0 Å². The summed E-state index contributed by atoms with van der Waals surface area (Å²) in [6.07, 6.45) is 3.18. The van der Waals surface area contributed by atoms with Crippen LogP contribution in [-0.2, 0) is 0 Å². The number of hydrogen-bond acceptors (Lipinski definition) is 2. The molecule has 0 aromatic heterocycles. The highest BCUT2D eigenvalue weighted by Gasteiger charge is 2.24. The number of rotatable bonds is 4. The molecule has 1 saturated heterocycles. The summed E-state index contributed by atoms with van der Waals surface area (Å²) in [7, 11) is 0. The fourth-order valence-electron chi connectivity index (χ4n) is 1.93. The van der Waals surface area contributed by atoms with E-state index < -0.39 is 0 Å². The van der Waals surface area contributed by atoms with Gasteiger partial charge in [-0.05, 0) is 39.7 Å². The summed E-state index contributed by atoms with van der Waals surface area (Å²) in [5, 5.41) is 0. The van der Waals surface area contributed by atoms with Gasteiger partial charge in [0.15, 0.2) is 0 Å². The molecule has 1 heterocycles. The topological polar surface area (TPSA) is 49.6 Å². The van der Waals surface area contributed by atoms with Gasteiger partial charge in [0, 0.05) is 25.7 Å². The molecule has 2 N–H and O–H groups in total. The first-order valence-corrected chi connectivity index (χ1v) is 5.92. The van der Waals surface area contributed by atoms with E-state index >= 15 is 0 Å². The van der Waals surface area contributed by atoms with Crippen molar-refractivity contribution < 1.29 is 4.79 Å². The number of likely N-dealkylation sites (tertiary alicyclic amines) is 1. The lowest BCUT2D eigenvalue weighted by molar-refractivity contribution is 0.148. The Morgan fingerprint density at radius 3 is 2.47 bits per heavy atom. The van der Waals surface area contributed by atoms with Gasteiger partial charge in [-0.1, -0.05) is 0 Å². The van der Waals surface area contributed by atoms with Crippen LogP contribution < -0.4 is 5.73 Å². The van der Waals surface area contributed by atoms with Gasteiger partial charge in [-0.15, -0.1) is 0 Å². The molecule has 0 bridgehead atoms. The van der Waals surface area contributed by atoms with Crippen molar-refractivity contribution in [3.05, 3.63) is 0 Å². The summed E-state index contributed by atoms with van der Waals surface area (Å²) in [6.45, 7) is 7.39. The van der Waals surface area contributed by atoms with Crippen LogP contribution in [0, 0.1) is 0 Å². The molecular formula is C11H23N3O. The molecule has 1 aliphatic heterocycles. The van der Waals surface area contributed by atoms with Gasteiger partial charge in [-0.3, -0.25) is 0 Å². The summed E-state index contributed by atoms with van der Waals surface area (Å²) < 4.78 is 0. The quantitative estimate of drug-likeness (QED) is 0.764. The predicted octanol–water partition coefficient (Wildman–Crippen LogP) is 1.26. The minimum absolute atomic E-state index is 0.191. The normalized spacial score (nSPS) is 16.1. The van der Waals surface area contributed by atoms with Crippen LogP contribution in [0.4, 0.5) is 4.79 Å². The fourth-order valence-corrected chi connectivity index (χ4v) is 1.93. The van der Waals surface area contributed by atoms with Crippen LogP contribution in [0.15, 0.2) is 0 Å². The largest absolute Gasteiger partial charge is 0.330 e. The third-order valence-corrected chi connectivity index (χ3v) is 2.85. The Kier molecular flexibility index (Phi) is 4.88. The maximum Gasteiger partial charge on any atom is 0.320 e. The van der Waals surface area contributed by atoms with E-state index in [0.29, 0.717) is 6.54 Å². The predicted molar refractivity (Wildman–Crippen MR) is 61.7 cm³/mol. The number of nitrogens with zero attached hydrogens (tertiary/aromatic N) is 2. The second kappa shape index (κ2) is 5.95. The molecule has 0 aliphatic carbocycles. The highest BCUT2D eigenvalue weighted by molar-refractivity contribution is 5.75. The average Bonchev–Trinajstić information content (AvgIpc) is 2.70. The molecule has 0 radical (unpaired) electrons. The molecule has 0 aromatic rings. The molecule has 4 heteroatoms. The Balaban J connectivity index is 2.49. The van der Waals surface area contributed by atoms with Gasteiger partial charge in [0.05, 0.1) is 0 Å². The number of nitrogens with two attached hydrogens (primary N) is 1. The van der Waals surface area contributed by atoms with Gasteiger partial charge >= 0.3 is 6.03 Å². The zero-order chi connectivity index (χ0) is 11.3. The maximum atomic E-state index is 12.1. The van der Waals surface area contributed by atoms with E-state index in [1.54, 1.807) is 0 Å². The molecular weight excluding hydrogens is 190 g/mol. The van der Waals surface area contributed by atoms with Gasteiger partial charge in [0.1, 0.15) is 0 Å². The van der Waals surface area contributed by atoms with Crippen LogP contribution >= 0.6 is 0 Å². The Hall–Kier alpha value is -0.770. The number of carbonyl (C=O) groups is 1. The summed E-state index contributed by atoms with van der Waals surface area (Å²) in [6, 6.07) is 0.459. The SMILES string of the molecule is CC(C)N(CCCN)C(=O)N1CCCC1. The second-order valence-corrected chi connectivity index (χ2v) is 4.41. The maximum absolute atomic E-state index is 12.1. The Morgan fingerprint density at radius 1 is 1.40 bits per heavy atom. The van der Waals surface area contributed by atoms with Crippen molar-refractivity contribution >= 4 is 6.03 Å². The minimum atomic E-state index is 0.191. The van der Waals surface area contributed by atoms with Crippen LogP contribution in [0.25, 0.3) is 0 Å². The van der Waals surface area contributed by atoms with Gasteiger partial charge < -0.3 is 15.5 Å². The van der Waals surface area contributed by atoms with E-state index in [0.717, 1.165) is 38.9 Å². The molecule has 0 unspecified atom stereocenters. The third kappa shape index (κ3) is 3.38. The van der Waals surface area contributed by atoms with Crippen molar-refractivity contribution in [2.24, 2.45) is 5.73 Å². The average molecular weight is 213 g/mol. The number of carbonyl (C=O) groups excluding carboxylic acids is 1. The van der Waals surface area contributed by atoms with E-state index in [1.165, 1.54) is 0 Å². The van der Waals surface area contributed by atoms with Crippen LogP contribution in [0.1, 0.15) is 33.1 Å². The van der Waals surface area contributed by atoms with Crippen molar-refractivity contribution in [3.63, 3.8) is 0 Å². The molecule has 0 aromatic carbocycles. The zero-order valence-corrected chi connectivity index (χ0v) is 9.91. The summed E-state index contributed by atoms with van der Waals surface area (Å²) in [5.74, 6) is 0. The van der Waals surface area contributed by atoms with Gasteiger partial charge in [-0.25, -0.2) is 4.79 Å². The lowest BCUT2D eigenvalue weighted by Crippen LogP contribution is -2.46. The first-order valence-electron chi connectivity index (χ1n) is 5.92. The van der Waals surface area contributed by atoms with E-state index in [9.17, 15) is 4.79 Å². The summed E-state index contributed by atoms with van der Waals surface area (Å²) in [5.41, 5.74) is 5.48. The van der Waals surface area contributed by atoms with E-state index in [4.69, 9.17) is 5.73 Å². The molecule has 1 fully saturated rings. The Bertz CT molecular complexity index is 200. The molecule has 0 saturated carbocycles. The van der Waals surface area contributed by atoms with Crippen molar-refractivity contribution in [1.82, 2.24) is 9.80 Å². The molecule has 2 amide bonds. The lowest BCUT2D eigenvalue weighted by Gasteiger charge is -2.31. The zero-order valence-electron chi connectivity index (χ0n) is 9.91. The molecule has 1 aliphatic rings. The molecule has 0 spiro atoms. The summed E-state index contributed by atoms with van der Waals surface area (Å²) >= 11 is 0. The van der Waals surface area contributed by atoms with Crippen molar-refractivity contribution in [2.45, 2.75) is 39.2 Å². The fraction of sp³-hybridized carbons (Fsp3) is 0.909. The van der Waals surface area contributed by atoms with E-state index in [2.05, 4.69) is 13.8 Å². The Labute approximate surface area is 92.4 Å². The monoisotopic (exact) mass is 213 g/mol. The molecule has 15 heavy (non-hydrogen) atoms. The van der Waals surface area contributed by atoms with E-state index in [1.807, 2.05) is 9.80 Å². The van der Waals surface area contributed by atoms with Gasteiger partial charge in [0.2, 0.25) is 0 Å². The van der Waals surface area contributed by atoms with Crippen LogP contribution in [0.2, 0.25) is 0 Å². The Morgan fingerprint density at radius 2 is 2.00 bits per heavy atom. The smallest absolute Gasteiger partial charge is 0.320 e. The molecule has 0 atom stereocenters. The number of urea groups is 1. The van der Waals surface area contributed by atoms with Gasteiger partial charge in [0.25, 0.3) is 0 Å². The van der Waals surface area contributed by atoms with Crippen molar-refractivity contribution in [1.29, 1.82) is 0 Å². The first kappa shape index (κ1) is 12.3. The highest BCUT2D eigenvalue weighted by atomic mass is 16.2. The number of hydrogen-bond donors (Lipinski definition) is 1. The van der Waals surface area contributed by atoms with Crippen molar-refractivity contribution in [3.8, 4) is 0 Å². The van der Waals surface area contributed by atoms with Crippen molar-refractivity contribution in [2.75, 3.05) is 26.2 Å². The second-order valence-electron chi connectivity index (χ2n) is 4.41. The molecule has 4 nitrogen and oxygen atoms in total. The third-order valence-electron chi connectivity index (χ3n) is 2.85. The standard InChI is InChI=1S/C11H23N3O/c1-10(2)14(9-5-6-12)11(15)13-7-3-4-8-13/h10H,3-9,12H2,1-2H3. The lowest BCUT2D eigenvalue weighted by atomic mass is 10.3. The molecule has 88 valence electrons. The summed E-state index contributed by atoms with van der Waals surface area (Å²) in [4.78, 5) is 16.0. The highest BCUT2D eigenvalue weighted by Crippen LogP contribution is 2.12.